The number of hydrazone groups is 1. The summed E-state index contributed by atoms with van der Waals surface area (Å²) in [5.41, 5.74) is 3.43. The van der Waals surface area contributed by atoms with Crippen molar-refractivity contribution >= 4 is 56.0 Å². The van der Waals surface area contributed by atoms with Crippen LogP contribution in [-0.4, -0.2) is 36.8 Å². The van der Waals surface area contributed by atoms with E-state index in [-0.39, 0.29) is 12.3 Å². The summed E-state index contributed by atoms with van der Waals surface area (Å²) < 4.78 is 6.42. The van der Waals surface area contributed by atoms with Crippen molar-refractivity contribution in [2.24, 2.45) is 5.10 Å². The molecule has 0 saturated heterocycles. The molecule has 0 atom stereocenters. The molecule has 0 aliphatic heterocycles. The molecule has 0 spiro atoms. The number of phenols is 1. The maximum absolute atomic E-state index is 11.8. The van der Waals surface area contributed by atoms with Crippen LogP contribution in [0.5, 0.6) is 11.5 Å². The van der Waals surface area contributed by atoms with Crippen LogP contribution in [0.15, 0.2) is 56.5 Å². The third-order valence-corrected chi connectivity index (χ3v) is 4.49. The van der Waals surface area contributed by atoms with Gasteiger partial charge in [-0.05, 0) is 40.2 Å². The summed E-state index contributed by atoms with van der Waals surface area (Å²) in [6.07, 6.45) is 4.20. The summed E-state index contributed by atoms with van der Waals surface area (Å²) in [7, 11) is 1.55. The summed E-state index contributed by atoms with van der Waals surface area (Å²) in [5.74, 6) is -0.306. The average molecular weight is 511 g/mol. The summed E-state index contributed by atoms with van der Waals surface area (Å²) in [6.45, 7) is -0.249. The molecule has 0 bridgehead atoms. The number of benzene rings is 2. The molecule has 0 radical (unpaired) electrons. The van der Waals surface area contributed by atoms with Crippen LogP contribution in [0.1, 0.15) is 11.1 Å². The molecule has 2 aromatic carbocycles. The predicted octanol–water partition coefficient (Wildman–Crippen LogP) is 3.21. The van der Waals surface area contributed by atoms with Crippen LogP contribution in [0.2, 0.25) is 0 Å². The Morgan fingerprint density at radius 3 is 2.71 bits per heavy atom. The fourth-order valence-electron chi connectivity index (χ4n) is 2.09. The highest BCUT2D eigenvalue weighted by Crippen LogP contribution is 2.30. The maximum Gasteiger partial charge on any atom is 0.259 e. The summed E-state index contributed by atoms with van der Waals surface area (Å²) in [6, 6.07) is 10.6. The minimum absolute atomic E-state index is 0.00372. The van der Waals surface area contributed by atoms with Crippen LogP contribution in [0.3, 0.4) is 0 Å². The number of methoxy groups -OCH3 is 1. The predicted molar refractivity (Wildman–Crippen MR) is 114 cm³/mol. The standard InChI is InChI=1S/C19H17Br2N3O4/c1-28-16-5-3-2-4-12(16)6-7-17(25)22-11-18(26)24-23-10-13-8-14(20)9-15(21)19(13)27/h2-10,27H,11H2,1H3,(H,22,25)(H,24,26)/b7-6?,23-10+. The molecule has 0 aliphatic carbocycles. The van der Waals surface area contributed by atoms with E-state index in [0.29, 0.717) is 15.8 Å². The van der Waals surface area contributed by atoms with Crippen molar-refractivity contribution in [3.8, 4) is 11.5 Å². The molecule has 7 nitrogen and oxygen atoms in total. The van der Waals surface area contributed by atoms with E-state index in [2.05, 4.69) is 47.7 Å². The number of para-hydroxylation sites is 1. The second-order valence-corrected chi connectivity index (χ2v) is 7.18. The summed E-state index contributed by atoms with van der Waals surface area (Å²) in [5, 5.41) is 16.1. The van der Waals surface area contributed by atoms with E-state index in [1.807, 2.05) is 12.1 Å². The highest BCUT2D eigenvalue weighted by Gasteiger charge is 2.06. The molecule has 0 fully saturated rings. The molecule has 0 saturated carbocycles. The molecule has 0 aromatic heterocycles. The maximum atomic E-state index is 11.8. The van der Waals surface area contributed by atoms with Gasteiger partial charge in [-0.2, -0.15) is 5.10 Å². The number of aromatic hydroxyl groups is 1. The monoisotopic (exact) mass is 509 g/mol. The Morgan fingerprint density at radius 2 is 1.96 bits per heavy atom. The number of phenolic OH excluding ortho intramolecular Hbond substituents is 1. The lowest BCUT2D eigenvalue weighted by atomic mass is 10.2. The lowest BCUT2D eigenvalue weighted by molar-refractivity contribution is -0.123. The van der Waals surface area contributed by atoms with Gasteiger partial charge in [-0.15, -0.1) is 0 Å². The molecule has 3 N–H and O–H groups in total. The van der Waals surface area contributed by atoms with Crippen LogP contribution >= 0.6 is 31.9 Å². The molecular formula is C19H17Br2N3O4. The molecular weight excluding hydrogens is 494 g/mol. The number of halogens is 2. The van der Waals surface area contributed by atoms with Crippen molar-refractivity contribution in [2.45, 2.75) is 0 Å². The van der Waals surface area contributed by atoms with Gasteiger partial charge in [-0.25, -0.2) is 5.43 Å². The summed E-state index contributed by atoms with van der Waals surface area (Å²) >= 11 is 6.51. The van der Waals surface area contributed by atoms with Gasteiger partial charge >= 0.3 is 0 Å². The van der Waals surface area contributed by atoms with E-state index in [1.165, 1.54) is 12.3 Å². The van der Waals surface area contributed by atoms with Gasteiger partial charge in [0.15, 0.2) is 0 Å². The van der Waals surface area contributed by atoms with Gasteiger partial charge in [0, 0.05) is 21.7 Å². The van der Waals surface area contributed by atoms with E-state index >= 15 is 0 Å². The number of carbonyl (C=O) groups is 2. The number of carbonyl (C=O) groups excluding carboxylic acids is 2. The van der Waals surface area contributed by atoms with Gasteiger partial charge in [0.05, 0.1) is 24.3 Å². The van der Waals surface area contributed by atoms with Crippen molar-refractivity contribution < 1.29 is 19.4 Å². The van der Waals surface area contributed by atoms with Gasteiger partial charge in [0.2, 0.25) is 5.91 Å². The zero-order chi connectivity index (χ0) is 20.5. The van der Waals surface area contributed by atoms with Crippen molar-refractivity contribution in [2.75, 3.05) is 13.7 Å². The lowest BCUT2D eigenvalue weighted by Gasteiger charge is -2.04. The van der Waals surface area contributed by atoms with Gasteiger partial charge in [-0.1, -0.05) is 34.1 Å². The first-order valence-electron chi connectivity index (χ1n) is 7.99. The van der Waals surface area contributed by atoms with Crippen molar-refractivity contribution in [1.82, 2.24) is 10.7 Å². The Hall–Kier alpha value is -2.65. The highest BCUT2D eigenvalue weighted by molar-refractivity contribution is 9.11. The number of ether oxygens (including phenoxy) is 1. The molecule has 2 amide bonds. The number of nitrogens with one attached hydrogen (secondary N) is 2. The van der Waals surface area contributed by atoms with E-state index in [4.69, 9.17) is 4.74 Å². The van der Waals surface area contributed by atoms with Crippen LogP contribution in [-0.2, 0) is 9.59 Å². The first-order chi connectivity index (χ1) is 13.4. The molecule has 0 unspecified atom stereocenters. The van der Waals surface area contributed by atoms with E-state index in [0.717, 1.165) is 10.0 Å². The van der Waals surface area contributed by atoms with Gasteiger partial charge in [0.25, 0.3) is 5.91 Å². The largest absolute Gasteiger partial charge is 0.506 e. The first-order valence-corrected chi connectivity index (χ1v) is 9.58. The highest BCUT2D eigenvalue weighted by atomic mass is 79.9. The number of hydrogen-bond donors (Lipinski definition) is 3. The van der Waals surface area contributed by atoms with Crippen molar-refractivity contribution in [3.05, 3.63) is 62.5 Å². The van der Waals surface area contributed by atoms with E-state index in [1.54, 1.807) is 37.5 Å². The van der Waals surface area contributed by atoms with Crippen molar-refractivity contribution in [1.29, 1.82) is 0 Å². The molecule has 0 aliphatic rings. The van der Waals surface area contributed by atoms with Gasteiger partial charge in [0.1, 0.15) is 11.5 Å². The minimum atomic E-state index is -0.510. The molecule has 9 heteroatoms. The van der Waals surface area contributed by atoms with Crippen LogP contribution in [0.4, 0.5) is 0 Å². The average Bonchev–Trinajstić information content (AvgIpc) is 2.68. The Labute approximate surface area is 178 Å². The van der Waals surface area contributed by atoms with E-state index < -0.39 is 11.8 Å². The molecule has 2 rings (SSSR count). The fraction of sp³-hybridized carbons (Fsp3) is 0.105. The number of hydrogen-bond acceptors (Lipinski definition) is 5. The van der Waals surface area contributed by atoms with Gasteiger partial charge < -0.3 is 15.2 Å². The van der Waals surface area contributed by atoms with Crippen molar-refractivity contribution in [3.63, 3.8) is 0 Å². The smallest absolute Gasteiger partial charge is 0.259 e. The SMILES string of the molecule is COc1ccccc1C=CC(=O)NCC(=O)N/N=C/c1cc(Br)cc(Br)c1O. The second-order valence-electron chi connectivity index (χ2n) is 5.41. The first kappa shape index (κ1) is 21.6. The van der Waals surface area contributed by atoms with E-state index in [9.17, 15) is 14.7 Å². The minimum Gasteiger partial charge on any atom is -0.506 e. The number of rotatable bonds is 7. The molecule has 28 heavy (non-hydrogen) atoms. The Bertz CT molecular complexity index is 929. The van der Waals surface area contributed by atoms with Gasteiger partial charge in [-0.3, -0.25) is 9.59 Å². The summed E-state index contributed by atoms with van der Waals surface area (Å²) in [4.78, 5) is 23.6. The zero-order valence-corrected chi connectivity index (χ0v) is 18.0. The fourth-order valence-corrected chi connectivity index (χ4v) is 3.35. The number of nitrogens with zero attached hydrogens (tertiary/aromatic N) is 1. The topological polar surface area (TPSA) is 100 Å². The molecule has 0 heterocycles. The van der Waals surface area contributed by atoms with Crippen LogP contribution in [0, 0.1) is 0 Å². The zero-order valence-electron chi connectivity index (χ0n) is 14.8. The Balaban J connectivity index is 1.84. The third-order valence-electron chi connectivity index (χ3n) is 3.43. The number of amides is 2. The lowest BCUT2D eigenvalue weighted by Crippen LogP contribution is -2.34. The molecule has 146 valence electrons. The molecule has 2 aromatic rings. The Morgan fingerprint density at radius 1 is 1.21 bits per heavy atom. The second kappa shape index (κ2) is 10.6. The quantitative estimate of drug-likeness (QED) is 0.302. The van der Waals surface area contributed by atoms with Crippen LogP contribution in [0.25, 0.3) is 6.08 Å². The third kappa shape index (κ3) is 6.50. The Kier molecular flexibility index (Phi) is 8.21. The van der Waals surface area contributed by atoms with Crippen LogP contribution < -0.4 is 15.5 Å². The normalized spacial score (nSPS) is 11.0.